The summed E-state index contributed by atoms with van der Waals surface area (Å²) in [7, 11) is 1.38. The van der Waals surface area contributed by atoms with Crippen LogP contribution in [0.15, 0.2) is 30.3 Å². The van der Waals surface area contributed by atoms with Crippen molar-refractivity contribution < 1.29 is 14.3 Å². The number of benzene rings is 1. The van der Waals surface area contributed by atoms with Crippen LogP contribution in [0.3, 0.4) is 0 Å². The molecule has 0 saturated carbocycles. The molecule has 1 amide bonds. The van der Waals surface area contributed by atoms with Gasteiger partial charge in [-0.25, -0.2) is 0 Å². The van der Waals surface area contributed by atoms with Crippen LogP contribution in [0.1, 0.15) is 44.2 Å². The van der Waals surface area contributed by atoms with Crippen LogP contribution in [0.4, 0.5) is 0 Å². The predicted molar refractivity (Wildman–Crippen MR) is 88.8 cm³/mol. The molecule has 1 heterocycles. The molecule has 0 aromatic heterocycles. The van der Waals surface area contributed by atoms with E-state index in [1.165, 1.54) is 7.11 Å². The Morgan fingerprint density at radius 3 is 2.74 bits per heavy atom. The number of hydrogen-bond donors (Lipinski definition) is 2. The summed E-state index contributed by atoms with van der Waals surface area (Å²) < 4.78 is 4.71. The van der Waals surface area contributed by atoms with E-state index in [2.05, 4.69) is 17.6 Å². The molecule has 1 aromatic carbocycles. The summed E-state index contributed by atoms with van der Waals surface area (Å²) in [6, 6.07) is 9.99. The summed E-state index contributed by atoms with van der Waals surface area (Å²) in [6.45, 7) is 2.97. The van der Waals surface area contributed by atoms with Crippen molar-refractivity contribution in [3.05, 3.63) is 35.9 Å². The first-order valence-electron chi connectivity index (χ1n) is 8.25. The molecule has 0 radical (unpaired) electrons. The maximum Gasteiger partial charge on any atom is 0.305 e. The van der Waals surface area contributed by atoms with Crippen LogP contribution in [-0.4, -0.2) is 31.6 Å². The molecule has 23 heavy (non-hydrogen) atoms. The Morgan fingerprint density at radius 1 is 1.35 bits per heavy atom. The number of rotatable bonds is 6. The highest BCUT2D eigenvalue weighted by Crippen LogP contribution is 2.22. The van der Waals surface area contributed by atoms with E-state index < -0.39 is 0 Å². The molecule has 1 unspecified atom stereocenters. The Morgan fingerprint density at radius 2 is 2.09 bits per heavy atom. The maximum atomic E-state index is 12.6. The van der Waals surface area contributed by atoms with Gasteiger partial charge in [-0.3, -0.25) is 9.59 Å². The number of esters is 1. The molecule has 3 atom stereocenters. The predicted octanol–water partition coefficient (Wildman–Crippen LogP) is 2.19. The number of piperidine rings is 1. The largest absolute Gasteiger partial charge is 0.469 e. The topological polar surface area (TPSA) is 67.4 Å². The van der Waals surface area contributed by atoms with Gasteiger partial charge in [0.15, 0.2) is 0 Å². The Hall–Kier alpha value is -1.88. The fraction of sp³-hybridized carbons (Fsp3) is 0.556. The van der Waals surface area contributed by atoms with E-state index in [4.69, 9.17) is 4.74 Å². The molecular formula is C18H26N2O3. The molecule has 5 nitrogen and oxygen atoms in total. The third-order valence-corrected chi connectivity index (χ3v) is 4.38. The van der Waals surface area contributed by atoms with E-state index in [9.17, 15) is 9.59 Å². The minimum Gasteiger partial charge on any atom is -0.469 e. The lowest BCUT2D eigenvalue weighted by Crippen LogP contribution is -2.43. The van der Waals surface area contributed by atoms with Gasteiger partial charge in [0.05, 0.1) is 13.2 Å². The van der Waals surface area contributed by atoms with Crippen LogP contribution in [0, 0.1) is 5.92 Å². The van der Waals surface area contributed by atoms with Gasteiger partial charge < -0.3 is 15.4 Å². The van der Waals surface area contributed by atoms with Crippen molar-refractivity contribution in [1.29, 1.82) is 0 Å². The van der Waals surface area contributed by atoms with Crippen molar-refractivity contribution in [2.45, 2.75) is 44.7 Å². The lowest BCUT2D eigenvalue weighted by atomic mass is 9.91. The summed E-state index contributed by atoms with van der Waals surface area (Å²) in [5.74, 6) is -0.136. The van der Waals surface area contributed by atoms with Gasteiger partial charge in [-0.1, -0.05) is 30.3 Å². The third-order valence-electron chi connectivity index (χ3n) is 4.38. The summed E-state index contributed by atoms with van der Waals surface area (Å²) >= 11 is 0. The number of amides is 1. The number of methoxy groups -OCH3 is 1. The molecular weight excluding hydrogens is 292 g/mol. The standard InChI is InChI=1S/C18H26N2O3/c1-13-12-15(10-11-19-13)18(22)20-16(8-9-17(21)23-2)14-6-4-3-5-7-14/h3-7,13,15-16,19H,8-12H2,1-2H3,(H,20,22)/t13-,15-,16?/m0/s1. The second-order valence-corrected chi connectivity index (χ2v) is 6.16. The van der Waals surface area contributed by atoms with Gasteiger partial charge >= 0.3 is 5.97 Å². The van der Waals surface area contributed by atoms with Crippen molar-refractivity contribution in [1.82, 2.24) is 10.6 Å². The average Bonchev–Trinajstić information content (AvgIpc) is 2.58. The Labute approximate surface area is 137 Å². The zero-order valence-corrected chi connectivity index (χ0v) is 13.9. The van der Waals surface area contributed by atoms with Gasteiger partial charge in [-0.05, 0) is 38.3 Å². The molecule has 1 saturated heterocycles. The van der Waals surface area contributed by atoms with Crippen molar-refractivity contribution in [2.75, 3.05) is 13.7 Å². The SMILES string of the molecule is COC(=O)CCC(NC(=O)[C@H]1CCN[C@@H](C)C1)c1ccccc1. The quantitative estimate of drug-likeness (QED) is 0.789. The third kappa shape index (κ3) is 5.36. The monoisotopic (exact) mass is 318 g/mol. The highest BCUT2D eigenvalue weighted by Gasteiger charge is 2.26. The van der Waals surface area contributed by atoms with E-state index in [1.54, 1.807) is 0 Å². The fourth-order valence-electron chi connectivity index (χ4n) is 3.03. The Bertz CT molecular complexity index is 518. The van der Waals surface area contributed by atoms with Gasteiger partial charge in [0.2, 0.25) is 5.91 Å². The van der Waals surface area contributed by atoms with Gasteiger partial charge in [-0.15, -0.1) is 0 Å². The molecule has 1 aromatic rings. The smallest absolute Gasteiger partial charge is 0.305 e. The summed E-state index contributed by atoms with van der Waals surface area (Å²) in [6.07, 6.45) is 2.54. The maximum absolute atomic E-state index is 12.6. The van der Waals surface area contributed by atoms with Crippen molar-refractivity contribution in [3.63, 3.8) is 0 Å². The number of ether oxygens (including phenoxy) is 1. The van der Waals surface area contributed by atoms with Crippen molar-refractivity contribution >= 4 is 11.9 Å². The first kappa shape index (κ1) is 17.5. The van der Waals surface area contributed by atoms with Crippen LogP contribution >= 0.6 is 0 Å². The molecule has 0 spiro atoms. The van der Waals surface area contributed by atoms with Gasteiger partial charge in [-0.2, -0.15) is 0 Å². The summed E-state index contributed by atoms with van der Waals surface area (Å²) in [5, 5.41) is 6.49. The van der Waals surface area contributed by atoms with Gasteiger partial charge in [0, 0.05) is 18.4 Å². The molecule has 1 fully saturated rings. The van der Waals surface area contributed by atoms with Crippen LogP contribution < -0.4 is 10.6 Å². The number of carbonyl (C=O) groups excluding carboxylic acids is 2. The van der Waals surface area contributed by atoms with Gasteiger partial charge in [0.1, 0.15) is 0 Å². The average molecular weight is 318 g/mol. The minimum atomic E-state index is -0.254. The molecule has 5 heteroatoms. The van der Waals surface area contributed by atoms with Crippen molar-refractivity contribution in [3.8, 4) is 0 Å². The zero-order valence-electron chi connectivity index (χ0n) is 13.9. The number of carbonyl (C=O) groups is 2. The first-order valence-corrected chi connectivity index (χ1v) is 8.25. The van der Waals surface area contributed by atoms with Crippen LogP contribution in [0.2, 0.25) is 0 Å². The molecule has 2 N–H and O–H groups in total. The molecule has 0 aliphatic carbocycles. The molecule has 1 aliphatic heterocycles. The lowest BCUT2D eigenvalue weighted by molar-refractivity contribution is -0.141. The summed E-state index contributed by atoms with van der Waals surface area (Å²) in [4.78, 5) is 24.0. The Kier molecular flexibility index (Phi) is 6.59. The minimum absolute atomic E-state index is 0.0376. The fourth-order valence-corrected chi connectivity index (χ4v) is 3.03. The van der Waals surface area contributed by atoms with E-state index >= 15 is 0 Å². The second kappa shape index (κ2) is 8.67. The van der Waals surface area contributed by atoms with Crippen LogP contribution in [0.25, 0.3) is 0 Å². The molecule has 126 valence electrons. The van der Waals surface area contributed by atoms with Crippen LogP contribution in [-0.2, 0) is 14.3 Å². The highest BCUT2D eigenvalue weighted by molar-refractivity contribution is 5.79. The summed E-state index contributed by atoms with van der Waals surface area (Å²) in [5.41, 5.74) is 1.02. The van der Waals surface area contributed by atoms with E-state index in [1.807, 2.05) is 30.3 Å². The first-order chi connectivity index (χ1) is 11.1. The molecule has 1 aliphatic rings. The number of hydrogen-bond acceptors (Lipinski definition) is 4. The molecule has 0 bridgehead atoms. The molecule has 2 rings (SSSR count). The van der Waals surface area contributed by atoms with E-state index in [-0.39, 0.29) is 23.8 Å². The Balaban J connectivity index is 2.01. The number of nitrogens with one attached hydrogen (secondary N) is 2. The highest BCUT2D eigenvalue weighted by atomic mass is 16.5. The van der Waals surface area contributed by atoms with Gasteiger partial charge in [0.25, 0.3) is 0 Å². The van der Waals surface area contributed by atoms with Crippen LogP contribution in [0.5, 0.6) is 0 Å². The lowest BCUT2D eigenvalue weighted by Gasteiger charge is -2.29. The second-order valence-electron chi connectivity index (χ2n) is 6.16. The van der Waals surface area contributed by atoms with Crippen molar-refractivity contribution in [2.24, 2.45) is 5.92 Å². The van der Waals surface area contributed by atoms with E-state index in [0.717, 1.165) is 24.9 Å². The zero-order chi connectivity index (χ0) is 16.7. The van der Waals surface area contributed by atoms with E-state index in [0.29, 0.717) is 18.9 Å². The normalized spacial score (nSPS) is 22.2.